The molecule has 4 aromatic rings. The molecule has 0 saturated carbocycles. The van der Waals surface area contributed by atoms with E-state index in [0.717, 1.165) is 54.3 Å². The molecule has 2 aliphatic heterocycles. The van der Waals surface area contributed by atoms with Crippen molar-refractivity contribution < 1.29 is 14.4 Å². The number of fused-ring (bicyclic) bond motifs is 1. The van der Waals surface area contributed by atoms with Gasteiger partial charge in [-0.1, -0.05) is 91.0 Å². The summed E-state index contributed by atoms with van der Waals surface area (Å²) >= 11 is 0. The van der Waals surface area contributed by atoms with Crippen LogP contribution in [0.2, 0.25) is 0 Å². The lowest BCUT2D eigenvalue weighted by Crippen LogP contribution is -2.49. The summed E-state index contributed by atoms with van der Waals surface area (Å²) in [5, 5.41) is 8.79. The Kier molecular flexibility index (Phi) is 10.4. The van der Waals surface area contributed by atoms with E-state index in [-0.39, 0.29) is 29.7 Å². The molecule has 7 nitrogen and oxygen atoms in total. The largest absolute Gasteiger partial charge is 0.350 e. The van der Waals surface area contributed by atoms with E-state index < -0.39 is 6.04 Å². The lowest BCUT2D eigenvalue weighted by atomic mass is 9.90. The summed E-state index contributed by atoms with van der Waals surface area (Å²) in [6.07, 6.45) is 4.70. The number of likely N-dealkylation sites (tertiary alicyclic amines) is 1. The number of benzene rings is 4. The molecule has 0 radical (unpaired) electrons. The second-order valence-electron chi connectivity index (χ2n) is 12.6. The molecular weight excluding hydrogens is 572 g/mol. The summed E-state index contributed by atoms with van der Waals surface area (Å²) in [6, 6.07) is 33.8. The van der Waals surface area contributed by atoms with Gasteiger partial charge in [0.15, 0.2) is 0 Å². The number of hydrogen-bond donors (Lipinski definition) is 2. The van der Waals surface area contributed by atoms with Gasteiger partial charge in [-0.05, 0) is 66.1 Å². The normalized spacial score (nSPS) is 18.8. The van der Waals surface area contributed by atoms with Gasteiger partial charge < -0.3 is 20.4 Å². The molecule has 238 valence electrons. The van der Waals surface area contributed by atoms with Crippen LogP contribution in [0.1, 0.15) is 65.9 Å². The molecule has 0 bridgehead atoms. The van der Waals surface area contributed by atoms with Crippen molar-refractivity contribution in [1.82, 2.24) is 20.4 Å². The molecule has 1 unspecified atom stereocenters. The standard InChI is InChI=1S/C39H44N4O3/c44-37(42-23-10-3-11-24-42)21-20-36-39(46)43(28-35(30-13-4-1-5-14-30)31-15-6-2-7-16-31)25-22-34(41-36)27-40-38(45)33-19-18-29-12-8-9-17-32(29)26-33/h1-2,4-9,12-19,26,34-36,41H,3,10-11,20-25,27-28H2,(H,40,45)/t34-,36?/m0/s1. The van der Waals surface area contributed by atoms with E-state index in [4.69, 9.17) is 0 Å². The minimum atomic E-state index is -0.508. The first-order valence-electron chi connectivity index (χ1n) is 16.7. The van der Waals surface area contributed by atoms with Crippen LogP contribution in [0, 0.1) is 0 Å². The fourth-order valence-corrected chi connectivity index (χ4v) is 6.84. The van der Waals surface area contributed by atoms with Crippen LogP contribution >= 0.6 is 0 Å². The number of carbonyl (C=O) groups is 3. The zero-order chi connectivity index (χ0) is 31.7. The number of nitrogens with zero attached hydrogens (tertiary/aromatic N) is 2. The maximum atomic E-state index is 14.2. The summed E-state index contributed by atoms with van der Waals surface area (Å²) in [5.41, 5.74) is 2.94. The average Bonchev–Trinajstić information content (AvgIpc) is 3.26. The maximum absolute atomic E-state index is 14.2. The molecule has 2 saturated heterocycles. The van der Waals surface area contributed by atoms with E-state index in [1.165, 1.54) is 0 Å². The fourth-order valence-electron chi connectivity index (χ4n) is 6.84. The Bertz CT molecular complexity index is 1580. The molecule has 7 heteroatoms. The molecule has 46 heavy (non-hydrogen) atoms. The molecule has 6 rings (SSSR count). The van der Waals surface area contributed by atoms with Gasteiger partial charge in [-0.3, -0.25) is 14.4 Å². The first-order valence-corrected chi connectivity index (χ1v) is 16.7. The van der Waals surface area contributed by atoms with Crippen LogP contribution in [0.5, 0.6) is 0 Å². The Morgan fingerprint density at radius 3 is 2.13 bits per heavy atom. The Hall–Kier alpha value is -4.49. The Balaban J connectivity index is 1.18. The van der Waals surface area contributed by atoms with E-state index in [9.17, 15) is 14.4 Å². The SMILES string of the molecule is O=C(NC[C@@H]1CCN(CC(c2ccccc2)c2ccccc2)C(=O)C(CCC(=O)N2CCCCC2)N1)c1ccc2ccccc2c1. The van der Waals surface area contributed by atoms with E-state index in [1.54, 1.807) is 0 Å². The van der Waals surface area contributed by atoms with Crippen molar-refractivity contribution in [1.29, 1.82) is 0 Å². The second kappa shape index (κ2) is 15.2. The van der Waals surface area contributed by atoms with Gasteiger partial charge in [-0.2, -0.15) is 0 Å². The highest BCUT2D eigenvalue weighted by Gasteiger charge is 2.33. The molecule has 0 aliphatic carbocycles. The number of rotatable bonds is 10. The monoisotopic (exact) mass is 616 g/mol. The summed E-state index contributed by atoms with van der Waals surface area (Å²) in [4.78, 5) is 44.5. The van der Waals surface area contributed by atoms with Crippen molar-refractivity contribution in [3.63, 3.8) is 0 Å². The second-order valence-corrected chi connectivity index (χ2v) is 12.6. The Morgan fingerprint density at radius 1 is 0.783 bits per heavy atom. The lowest BCUT2D eigenvalue weighted by Gasteiger charge is -2.30. The van der Waals surface area contributed by atoms with Gasteiger partial charge in [0.05, 0.1) is 6.04 Å². The topological polar surface area (TPSA) is 81.8 Å². The van der Waals surface area contributed by atoms with Crippen LogP contribution in [0.4, 0.5) is 0 Å². The molecule has 2 heterocycles. The Labute approximate surface area is 272 Å². The molecular formula is C39H44N4O3. The van der Waals surface area contributed by atoms with Crippen LogP contribution in [0.25, 0.3) is 10.8 Å². The molecule has 2 fully saturated rings. The average molecular weight is 617 g/mol. The van der Waals surface area contributed by atoms with Gasteiger partial charge in [0.2, 0.25) is 11.8 Å². The summed E-state index contributed by atoms with van der Waals surface area (Å²) in [6.45, 7) is 3.10. The summed E-state index contributed by atoms with van der Waals surface area (Å²) in [7, 11) is 0. The van der Waals surface area contributed by atoms with E-state index in [0.29, 0.717) is 44.5 Å². The minimum Gasteiger partial charge on any atom is -0.350 e. The number of carbonyl (C=O) groups excluding carboxylic acids is 3. The molecule has 2 N–H and O–H groups in total. The zero-order valence-electron chi connectivity index (χ0n) is 26.4. The van der Waals surface area contributed by atoms with Crippen LogP contribution < -0.4 is 10.6 Å². The molecule has 0 aromatic heterocycles. The van der Waals surface area contributed by atoms with Gasteiger partial charge >= 0.3 is 0 Å². The smallest absolute Gasteiger partial charge is 0.251 e. The van der Waals surface area contributed by atoms with Crippen molar-refractivity contribution in [2.45, 2.75) is 56.5 Å². The predicted molar refractivity (Wildman–Crippen MR) is 183 cm³/mol. The Morgan fingerprint density at radius 2 is 1.43 bits per heavy atom. The highest BCUT2D eigenvalue weighted by atomic mass is 16.2. The summed E-state index contributed by atoms with van der Waals surface area (Å²) < 4.78 is 0. The van der Waals surface area contributed by atoms with Gasteiger partial charge in [0.25, 0.3) is 5.91 Å². The fraction of sp³-hybridized carbons (Fsp3) is 0.359. The third-order valence-electron chi connectivity index (χ3n) is 9.48. The molecule has 4 aromatic carbocycles. The predicted octanol–water partition coefficient (Wildman–Crippen LogP) is 5.75. The van der Waals surface area contributed by atoms with Gasteiger partial charge in [0.1, 0.15) is 0 Å². The van der Waals surface area contributed by atoms with Crippen molar-refractivity contribution in [3.8, 4) is 0 Å². The maximum Gasteiger partial charge on any atom is 0.251 e. The van der Waals surface area contributed by atoms with Crippen molar-refractivity contribution in [2.24, 2.45) is 0 Å². The highest BCUT2D eigenvalue weighted by molar-refractivity contribution is 5.98. The number of piperidine rings is 1. The number of amides is 3. The van der Waals surface area contributed by atoms with Crippen LogP contribution in [0.3, 0.4) is 0 Å². The summed E-state index contributed by atoms with van der Waals surface area (Å²) in [5.74, 6) is 0.0283. The quantitative estimate of drug-likeness (QED) is 0.238. The van der Waals surface area contributed by atoms with E-state index >= 15 is 0 Å². The molecule has 3 amide bonds. The van der Waals surface area contributed by atoms with Gasteiger partial charge in [0, 0.05) is 56.7 Å². The van der Waals surface area contributed by atoms with Gasteiger partial charge in [-0.15, -0.1) is 0 Å². The number of nitrogens with one attached hydrogen (secondary N) is 2. The zero-order valence-corrected chi connectivity index (χ0v) is 26.4. The molecule has 2 atom stereocenters. The van der Waals surface area contributed by atoms with Crippen LogP contribution in [-0.2, 0) is 9.59 Å². The first-order chi connectivity index (χ1) is 22.5. The van der Waals surface area contributed by atoms with E-state index in [1.807, 2.05) is 88.7 Å². The lowest BCUT2D eigenvalue weighted by molar-refractivity contribution is -0.134. The van der Waals surface area contributed by atoms with Crippen LogP contribution in [-0.4, -0.2) is 72.3 Å². The van der Waals surface area contributed by atoms with Crippen LogP contribution in [0.15, 0.2) is 103 Å². The molecule has 2 aliphatic rings. The minimum absolute atomic E-state index is 0.0196. The molecule has 0 spiro atoms. The third-order valence-corrected chi connectivity index (χ3v) is 9.48. The van der Waals surface area contributed by atoms with E-state index in [2.05, 4.69) is 34.9 Å². The highest BCUT2D eigenvalue weighted by Crippen LogP contribution is 2.27. The van der Waals surface area contributed by atoms with Crippen molar-refractivity contribution in [3.05, 3.63) is 120 Å². The van der Waals surface area contributed by atoms with Gasteiger partial charge in [-0.25, -0.2) is 0 Å². The first kappa shape index (κ1) is 31.5. The van der Waals surface area contributed by atoms with Crippen molar-refractivity contribution >= 4 is 28.5 Å². The van der Waals surface area contributed by atoms with Crippen molar-refractivity contribution in [2.75, 3.05) is 32.7 Å². The third kappa shape index (κ3) is 7.83. The number of hydrogen-bond acceptors (Lipinski definition) is 4.